The highest BCUT2D eigenvalue weighted by Crippen LogP contribution is 2.20. The molecule has 0 saturated heterocycles. The van der Waals surface area contributed by atoms with E-state index in [0.29, 0.717) is 15.9 Å². The first kappa shape index (κ1) is 17.3. The van der Waals surface area contributed by atoms with Gasteiger partial charge in [-0.2, -0.15) is 12.8 Å². The molecule has 128 valence electrons. The number of benzene rings is 2. The fourth-order valence-electron chi connectivity index (χ4n) is 2.27. The minimum absolute atomic E-state index is 0.0607. The second-order valence-electron chi connectivity index (χ2n) is 5.48. The Hall–Kier alpha value is -2.48. The molecule has 1 aromatic heterocycles. The number of fused-ring (bicyclic) bond motifs is 1. The number of halogens is 1. The van der Waals surface area contributed by atoms with Crippen LogP contribution in [0.4, 0.5) is 0 Å². The Morgan fingerprint density at radius 3 is 2.48 bits per heavy atom. The molecule has 2 N–H and O–H groups in total. The number of amides is 1. The summed E-state index contributed by atoms with van der Waals surface area (Å²) in [5, 5.41) is 1.16. The zero-order chi connectivity index (χ0) is 18.2. The molecule has 0 saturated carbocycles. The van der Waals surface area contributed by atoms with Gasteiger partial charge in [-0.05, 0) is 37.3 Å². The maximum Gasteiger partial charge on any atom is 0.283 e. The van der Waals surface area contributed by atoms with E-state index in [1.807, 2.05) is 6.92 Å². The monoisotopic (exact) mass is 375 g/mol. The predicted molar refractivity (Wildman–Crippen MR) is 95.5 cm³/mol. The van der Waals surface area contributed by atoms with Crippen LogP contribution in [0.3, 0.4) is 0 Å². The van der Waals surface area contributed by atoms with Gasteiger partial charge < -0.3 is 0 Å². The average molecular weight is 376 g/mol. The molecule has 2 aromatic carbocycles. The fraction of sp³-hybridized carbons (Fsp3) is 0.0588. The molecule has 3 rings (SSSR count). The number of aryl methyl sites for hydroxylation is 1. The van der Waals surface area contributed by atoms with Crippen LogP contribution in [0.5, 0.6) is 0 Å². The Kier molecular flexibility index (Phi) is 4.47. The third-order valence-electron chi connectivity index (χ3n) is 3.67. The molecule has 0 fully saturated rings. The Morgan fingerprint density at radius 2 is 1.80 bits per heavy atom. The van der Waals surface area contributed by atoms with Gasteiger partial charge in [0.1, 0.15) is 0 Å². The molecule has 0 radical (unpaired) electrons. The summed E-state index contributed by atoms with van der Waals surface area (Å²) in [6, 6.07) is 12.6. The summed E-state index contributed by atoms with van der Waals surface area (Å²) in [6.07, 6.45) is 1.27. The topological polar surface area (TPSA) is 93.4 Å². The third kappa shape index (κ3) is 3.34. The molecule has 0 bridgehead atoms. The molecule has 0 aliphatic heterocycles. The van der Waals surface area contributed by atoms with Crippen molar-refractivity contribution < 1.29 is 13.2 Å². The molecular formula is C17H14ClN3O3S. The Balaban J connectivity index is 1.96. The SMILES string of the molecule is Cc1ccc(S(=O)(=O)N(N)C(=O)c2cnc3cc(Cl)ccc3c2)cc1. The van der Waals surface area contributed by atoms with Gasteiger partial charge in [0, 0.05) is 16.6 Å². The van der Waals surface area contributed by atoms with Gasteiger partial charge in [-0.25, -0.2) is 5.84 Å². The van der Waals surface area contributed by atoms with Crippen molar-refractivity contribution in [1.29, 1.82) is 0 Å². The number of nitrogens with two attached hydrogens (primary N) is 1. The van der Waals surface area contributed by atoms with Crippen LogP contribution in [-0.2, 0) is 10.0 Å². The highest BCUT2D eigenvalue weighted by Gasteiger charge is 2.27. The number of rotatable bonds is 3. The van der Waals surface area contributed by atoms with Gasteiger partial charge in [0.25, 0.3) is 15.9 Å². The largest absolute Gasteiger partial charge is 0.283 e. The fourth-order valence-corrected chi connectivity index (χ4v) is 3.47. The molecule has 1 amide bonds. The first-order valence-corrected chi connectivity index (χ1v) is 9.07. The molecule has 1 heterocycles. The van der Waals surface area contributed by atoms with Crippen LogP contribution in [0.25, 0.3) is 10.9 Å². The van der Waals surface area contributed by atoms with E-state index < -0.39 is 15.9 Å². The normalized spacial score (nSPS) is 11.5. The average Bonchev–Trinajstić information content (AvgIpc) is 2.60. The van der Waals surface area contributed by atoms with E-state index in [4.69, 9.17) is 17.4 Å². The zero-order valence-electron chi connectivity index (χ0n) is 13.2. The lowest BCUT2D eigenvalue weighted by Crippen LogP contribution is -2.42. The van der Waals surface area contributed by atoms with Gasteiger partial charge in [0.2, 0.25) is 0 Å². The summed E-state index contributed by atoms with van der Waals surface area (Å²) >= 11 is 5.90. The van der Waals surface area contributed by atoms with E-state index in [1.165, 1.54) is 24.4 Å². The predicted octanol–water partition coefficient (Wildman–Crippen LogP) is 2.90. The second kappa shape index (κ2) is 6.44. The molecule has 0 atom stereocenters. The summed E-state index contributed by atoms with van der Waals surface area (Å²) in [7, 11) is -4.15. The van der Waals surface area contributed by atoms with Crippen LogP contribution in [0.15, 0.2) is 59.6 Å². The Labute approximate surface area is 149 Å². The maximum absolute atomic E-state index is 12.5. The number of aromatic nitrogens is 1. The number of hydrogen-bond donors (Lipinski definition) is 1. The van der Waals surface area contributed by atoms with E-state index in [-0.39, 0.29) is 14.9 Å². The first-order chi connectivity index (χ1) is 11.8. The summed E-state index contributed by atoms with van der Waals surface area (Å²) in [5.41, 5.74) is 1.55. The van der Waals surface area contributed by atoms with Crippen molar-refractivity contribution in [3.05, 3.63) is 70.9 Å². The molecule has 3 aromatic rings. The second-order valence-corrected chi connectivity index (χ2v) is 7.73. The van der Waals surface area contributed by atoms with E-state index in [1.54, 1.807) is 30.3 Å². The van der Waals surface area contributed by atoms with Crippen LogP contribution < -0.4 is 5.84 Å². The van der Waals surface area contributed by atoms with E-state index in [2.05, 4.69) is 4.98 Å². The highest BCUT2D eigenvalue weighted by molar-refractivity contribution is 7.89. The standard InChI is InChI=1S/C17H14ClN3O3S/c1-11-2-6-15(7-3-11)25(23,24)21(19)17(22)13-8-12-4-5-14(18)9-16(12)20-10-13/h2-10H,19H2,1H3. The quantitative estimate of drug-likeness (QED) is 0.431. The number of hydrogen-bond acceptors (Lipinski definition) is 5. The van der Waals surface area contributed by atoms with Crippen LogP contribution in [0.1, 0.15) is 15.9 Å². The van der Waals surface area contributed by atoms with E-state index in [0.717, 1.165) is 5.56 Å². The Morgan fingerprint density at radius 1 is 1.12 bits per heavy atom. The zero-order valence-corrected chi connectivity index (χ0v) is 14.8. The molecule has 6 nitrogen and oxygen atoms in total. The summed E-state index contributed by atoms with van der Waals surface area (Å²) in [4.78, 5) is 16.6. The molecule has 8 heteroatoms. The van der Waals surface area contributed by atoms with Crippen molar-refractivity contribution in [2.45, 2.75) is 11.8 Å². The summed E-state index contributed by atoms with van der Waals surface area (Å²) in [6.45, 7) is 1.83. The lowest BCUT2D eigenvalue weighted by molar-refractivity contribution is 0.0861. The van der Waals surface area contributed by atoms with E-state index >= 15 is 0 Å². The van der Waals surface area contributed by atoms with Gasteiger partial charge in [0.05, 0.1) is 16.0 Å². The number of hydrazine groups is 1. The van der Waals surface area contributed by atoms with Crippen molar-refractivity contribution >= 4 is 38.4 Å². The summed E-state index contributed by atoms with van der Waals surface area (Å²) < 4.78 is 25.3. The molecule has 0 unspecified atom stereocenters. The van der Waals surface area contributed by atoms with Crippen LogP contribution in [0, 0.1) is 6.92 Å². The van der Waals surface area contributed by atoms with Gasteiger partial charge in [-0.15, -0.1) is 0 Å². The highest BCUT2D eigenvalue weighted by atomic mass is 35.5. The van der Waals surface area contributed by atoms with Crippen molar-refractivity contribution in [3.8, 4) is 0 Å². The smallest absolute Gasteiger partial charge is 0.266 e. The van der Waals surface area contributed by atoms with E-state index in [9.17, 15) is 13.2 Å². The van der Waals surface area contributed by atoms with Crippen molar-refractivity contribution in [3.63, 3.8) is 0 Å². The molecule has 0 spiro atoms. The number of sulfonamides is 1. The molecule has 25 heavy (non-hydrogen) atoms. The number of nitrogens with zero attached hydrogens (tertiary/aromatic N) is 2. The summed E-state index contributed by atoms with van der Waals surface area (Å²) in [5.74, 6) is 4.74. The van der Waals surface area contributed by atoms with Crippen molar-refractivity contribution in [1.82, 2.24) is 9.40 Å². The van der Waals surface area contributed by atoms with Gasteiger partial charge in [0.15, 0.2) is 0 Å². The van der Waals surface area contributed by atoms with Gasteiger partial charge in [-0.1, -0.05) is 35.4 Å². The minimum atomic E-state index is -4.15. The van der Waals surface area contributed by atoms with Crippen LogP contribution in [-0.4, -0.2) is 23.7 Å². The minimum Gasteiger partial charge on any atom is -0.266 e. The lowest BCUT2D eigenvalue weighted by atomic mass is 10.1. The molecule has 0 aliphatic carbocycles. The van der Waals surface area contributed by atoms with Gasteiger partial charge in [-0.3, -0.25) is 9.78 Å². The van der Waals surface area contributed by atoms with Crippen LogP contribution in [0.2, 0.25) is 5.02 Å². The number of pyridine rings is 1. The first-order valence-electron chi connectivity index (χ1n) is 7.25. The number of carbonyl (C=O) groups excluding carboxylic acids is 1. The molecular weight excluding hydrogens is 362 g/mol. The van der Waals surface area contributed by atoms with Crippen molar-refractivity contribution in [2.75, 3.05) is 0 Å². The maximum atomic E-state index is 12.5. The van der Waals surface area contributed by atoms with Crippen molar-refractivity contribution in [2.24, 2.45) is 5.84 Å². The third-order valence-corrected chi connectivity index (χ3v) is 5.46. The van der Waals surface area contributed by atoms with Crippen LogP contribution >= 0.6 is 11.6 Å². The molecule has 0 aliphatic rings. The number of carbonyl (C=O) groups is 1. The Bertz CT molecular complexity index is 1070. The van der Waals surface area contributed by atoms with Gasteiger partial charge >= 0.3 is 0 Å². The lowest BCUT2D eigenvalue weighted by Gasteiger charge is -2.17.